The molecule has 0 saturated carbocycles. The molecule has 0 aliphatic carbocycles. The summed E-state index contributed by atoms with van der Waals surface area (Å²) in [5.74, 6) is 2.86. The molecule has 0 atom stereocenters. The molecule has 79 heavy (non-hydrogen) atoms. The molecule has 0 radical (unpaired) electrons. The number of hydrogen-bond donors (Lipinski definition) is 1. The van der Waals surface area contributed by atoms with Crippen molar-refractivity contribution in [3.05, 3.63) is 156 Å². The molecule has 0 fully saturated rings. The fourth-order valence-electron chi connectivity index (χ4n) is 7.13. The third-order valence-corrected chi connectivity index (χ3v) is 12.7. The van der Waals surface area contributed by atoms with Crippen molar-refractivity contribution in [2.75, 3.05) is 33.0 Å². The highest BCUT2D eigenvalue weighted by Gasteiger charge is 2.23. The topological polar surface area (TPSA) is 150 Å². The Kier molecular flexibility index (Phi) is 24.9. The summed E-state index contributed by atoms with van der Waals surface area (Å²) in [4.78, 5) is 35.8. The molecule has 11 nitrogen and oxygen atoms in total. The summed E-state index contributed by atoms with van der Waals surface area (Å²) in [6.07, 6.45) is 2.45. The van der Waals surface area contributed by atoms with Crippen LogP contribution in [0.4, 0.5) is 0 Å². The van der Waals surface area contributed by atoms with Crippen LogP contribution in [-0.2, 0) is 59.0 Å². The highest BCUT2D eigenvalue weighted by atomic mass is 16.5. The Bertz CT molecular complexity index is 2770. The number of carbonyl (C=O) groups excluding carboxylic acids is 3. The minimum atomic E-state index is -0.361. The molecule has 0 spiro atoms. The molecular weight excluding hydrogens is 987 g/mol. The van der Waals surface area contributed by atoms with Crippen molar-refractivity contribution in [3.8, 4) is 39.6 Å². The van der Waals surface area contributed by atoms with E-state index in [4.69, 9.17) is 23.7 Å². The van der Waals surface area contributed by atoms with E-state index in [9.17, 15) is 14.4 Å². The van der Waals surface area contributed by atoms with Crippen LogP contribution in [0, 0.1) is 16.2 Å². The second-order valence-electron chi connectivity index (χ2n) is 26.1. The predicted molar refractivity (Wildman–Crippen MR) is 324 cm³/mol. The SMILES string of the molecule is CC(C)(C)C(=O)COCCOc1ccc(-c2ccc(C(C)(C)C)cc2)cc1.CC(C)(C)C(=O)COCc1ccc(Oc2ccc(C(C)(C)C)cc2)cc1.CC(C)(C)OCCn1ccc(-c2ccc(CC(=O)C(C)(C)C)cc2)n1.N. The molecule has 6 rings (SSSR count). The van der Waals surface area contributed by atoms with Crippen molar-refractivity contribution >= 4 is 17.3 Å². The second-order valence-corrected chi connectivity index (χ2v) is 26.1. The Hall–Kier alpha value is -6.24. The summed E-state index contributed by atoms with van der Waals surface area (Å²) in [5, 5.41) is 4.60. The molecule has 0 amide bonds. The first kappa shape index (κ1) is 67.0. The van der Waals surface area contributed by atoms with Gasteiger partial charge in [0.1, 0.15) is 42.9 Å². The average molecular weight is 1080 g/mol. The van der Waals surface area contributed by atoms with Crippen LogP contribution in [0.15, 0.2) is 134 Å². The number of nitrogens with zero attached hydrogens (tertiary/aromatic N) is 2. The highest BCUT2D eigenvalue weighted by molar-refractivity contribution is 5.86. The predicted octanol–water partition coefficient (Wildman–Crippen LogP) is 16.3. The van der Waals surface area contributed by atoms with Crippen LogP contribution in [0.3, 0.4) is 0 Å². The van der Waals surface area contributed by atoms with Crippen molar-refractivity contribution in [1.29, 1.82) is 0 Å². The van der Waals surface area contributed by atoms with Gasteiger partial charge in [0.25, 0.3) is 0 Å². The average Bonchev–Trinajstić information content (AvgIpc) is 3.82. The van der Waals surface area contributed by atoms with E-state index in [1.165, 1.54) is 16.7 Å². The lowest BCUT2D eigenvalue weighted by Crippen LogP contribution is -2.25. The molecule has 430 valence electrons. The van der Waals surface area contributed by atoms with Crippen LogP contribution in [0.1, 0.15) is 147 Å². The lowest BCUT2D eigenvalue weighted by molar-refractivity contribution is -0.131. The molecule has 1 aromatic heterocycles. The maximum absolute atomic E-state index is 12.1. The van der Waals surface area contributed by atoms with Gasteiger partial charge in [-0.25, -0.2) is 0 Å². The number of hydrogen-bond acceptors (Lipinski definition) is 10. The lowest BCUT2D eigenvalue weighted by atomic mass is 9.86. The maximum atomic E-state index is 12.1. The zero-order valence-corrected chi connectivity index (χ0v) is 51.2. The largest absolute Gasteiger partial charge is 0.491 e. The Labute approximate surface area is 474 Å². The van der Waals surface area contributed by atoms with E-state index in [0.29, 0.717) is 32.8 Å². The number of ketones is 3. The van der Waals surface area contributed by atoms with Gasteiger partial charge in [-0.1, -0.05) is 189 Å². The lowest BCUT2D eigenvalue weighted by Gasteiger charge is -2.19. The van der Waals surface area contributed by atoms with Gasteiger partial charge in [-0.05, 0) is 107 Å². The molecule has 1 heterocycles. The van der Waals surface area contributed by atoms with Gasteiger partial charge in [0.05, 0.1) is 37.7 Å². The zero-order valence-electron chi connectivity index (χ0n) is 51.2. The summed E-state index contributed by atoms with van der Waals surface area (Å²) in [6, 6.07) is 42.8. The fourth-order valence-corrected chi connectivity index (χ4v) is 7.13. The van der Waals surface area contributed by atoms with E-state index in [1.807, 2.05) is 173 Å². The van der Waals surface area contributed by atoms with Gasteiger partial charge in [0, 0.05) is 34.4 Å². The second kappa shape index (κ2) is 29.3. The Morgan fingerprint density at radius 3 is 1.33 bits per heavy atom. The fraction of sp³-hybridized carbons (Fsp3) is 0.471. The number of Topliss-reactive ketones (excluding diaryl/α,β-unsaturated/α-hetero) is 3. The molecule has 0 aliphatic heterocycles. The number of ether oxygens (including phenoxy) is 5. The highest BCUT2D eigenvalue weighted by Crippen LogP contribution is 2.30. The van der Waals surface area contributed by atoms with Crippen LogP contribution in [0.5, 0.6) is 17.2 Å². The molecular formula is C68H95N3O8. The van der Waals surface area contributed by atoms with E-state index in [-0.39, 0.29) is 69.4 Å². The third-order valence-electron chi connectivity index (χ3n) is 12.7. The maximum Gasteiger partial charge on any atom is 0.163 e. The van der Waals surface area contributed by atoms with Crippen LogP contribution < -0.4 is 15.6 Å². The van der Waals surface area contributed by atoms with Gasteiger partial charge < -0.3 is 29.8 Å². The van der Waals surface area contributed by atoms with Crippen molar-refractivity contribution < 1.29 is 38.1 Å². The Balaban J connectivity index is 0.000000310. The normalized spacial score (nSPS) is 12.0. The minimum absolute atomic E-state index is 0. The van der Waals surface area contributed by atoms with Crippen LogP contribution in [0.25, 0.3) is 22.4 Å². The molecule has 11 heteroatoms. The van der Waals surface area contributed by atoms with Gasteiger partial charge in [0.2, 0.25) is 0 Å². The minimum Gasteiger partial charge on any atom is -0.491 e. The first-order chi connectivity index (χ1) is 36.2. The quantitative estimate of drug-likeness (QED) is 0.0777. The van der Waals surface area contributed by atoms with Crippen molar-refractivity contribution in [1.82, 2.24) is 15.9 Å². The number of rotatable bonds is 19. The van der Waals surface area contributed by atoms with Crippen molar-refractivity contribution in [2.24, 2.45) is 16.2 Å². The van der Waals surface area contributed by atoms with Crippen molar-refractivity contribution in [2.45, 2.75) is 161 Å². The first-order valence-corrected chi connectivity index (χ1v) is 27.4. The molecule has 5 aromatic carbocycles. The first-order valence-electron chi connectivity index (χ1n) is 27.4. The van der Waals surface area contributed by atoms with Crippen LogP contribution in [-0.4, -0.2) is 65.8 Å². The van der Waals surface area contributed by atoms with E-state index < -0.39 is 0 Å². The summed E-state index contributed by atoms with van der Waals surface area (Å²) < 4.78 is 30.1. The van der Waals surface area contributed by atoms with E-state index in [1.54, 1.807) is 0 Å². The monoisotopic (exact) mass is 1080 g/mol. The van der Waals surface area contributed by atoms with Crippen molar-refractivity contribution in [3.63, 3.8) is 0 Å². The van der Waals surface area contributed by atoms with E-state index in [0.717, 1.165) is 51.7 Å². The molecule has 0 bridgehead atoms. The summed E-state index contributed by atoms with van der Waals surface area (Å²) in [7, 11) is 0. The Morgan fingerprint density at radius 1 is 0.443 bits per heavy atom. The summed E-state index contributed by atoms with van der Waals surface area (Å²) in [6.45, 7) is 39.5. The van der Waals surface area contributed by atoms with Crippen LogP contribution >= 0.6 is 0 Å². The third kappa shape index (κ3) is 24.3. The summed E-state index contributed by atoms with van der Waals surface area (Å²) >= 11 is 0. The van der Waals surface area contributed by atoms with Gasteiger partial charge in [-0.3, -0.25) is 19.1 Å². The van der Waals surface area contributed by atoms with Gasteiger partial charge in [0.15, 0.2) is 11.6 Å². The molecule has 3 N–H and O–H groups in total. The molecule has 0 unspecified atom stereocenters. The standard InChI is InChI=1S/C24H32O3.C23H30O3.C21H30N2O2.H3N/c1-23(2,3)20-11-7-18(8-12-20)19-9-13-21(14-10-19)27-16-15-26-17-22(25)24(4,5)6;1-22(2,3)18-9-13-20(14-10-18)26-19-11-7-17(8-12-19)15-25-16-21(24)23(4,5)6;1-20(2,3)19(24)15-16-7-9-17(10-8-16)18-11-12-23(22-18)13-14-25-21(4,5)6;/h7-14H,15-17H2,1-6H3;7-14H,15-16H2,1-6H3;7-12H,13-15H2,1-6H3;1H3. The van der Waals surface area contributed by atoms with Gasteiger partial charge in [-0.15, -0.1) is 0 Å². The smallest absolute Gasteiger partial charge is 0.163 e. The molecule has 0 aliphatic rings. The Morgan fingerprint density at radius 2 is 0.861 bits per heavy atom. The molecule has 0 saturated heterocycles. The van der Waals surface area contributed by atoms with E-state index >= 15 is 0 Å². The number of carbonyl (C=O) groups is 3. The number of aromatic nitrogens is 2. The zero-order chi connectivity index (χ0) is 58.1. The van der Waals surface area contributed by atoms with Crippen LogP contribution in [0.2, 0.25) is 0 Å². The number of benzene rings is 5. The summed E-state index contributed by atoms with van der Waals surface area (Å²) in [5.41, 5.74) is 8.16. The van der Waals surface area contributed by atoms with Gasteiger partial charge in [-0.2, -0.15) is 5.10 Å². The van der Waals surface area contributed by atoms with E-state index in [2.05, 4.69) is 95.2 Å². The van der Waals surface area contributed by atoms with Gasteiger partial charge >= 0.3 is 0 Å². The molecule has 6 aromatic rings.